The van der Waals surface area contributed by atoms with Crippen LogP contribution in [-0.2, 0) is 6.54 Å². The molecule has 1 heterocycles. The molecule has 1 aliphatic heterocycles. The van der Waals surface area contributed by atoms with Crippen molar-refractivity contribution in [1.82, 2.24) is 10.2 Å². The van der Waals surface area contributed by atoms with E-state index in [0.717, 1.165) is 57.1 Å². The summed E-state index contributed by atoms with van der Waals surface area (Å²) in [7, 11) is 0. The third-order valence-corrected chi connectivity index (χ3v) is 4.40. The second-order valence-electron chi connectivity index (χ2n) is 6.57. The van der Waals surface area contributed by atoms with Crippen molar-refractivity contribution in [2.24, 2.45) is 5.92 Å². The van der Waals surface area contributed by atoms with Crippen LogP contribution in [0.1, 0.15) is 32.8 Å². The Morgan fingerprint density at radius 1 is 1.18 bits per heavy atom. The van der Waals surface area contributed by atoms with E-state index in [1.165, 1.54) is 6.42 Å². The van der Waals surface area contributed by atoms with Crippen LogP contribution in [0.4, 0.5) is 10.1 Å². The minimum Gasteiger partial charge on any atom is -0.367 e. The second kappa shape index (κ2) is 8.49. The van der Waals surface area contributed by atoms with Crippen LogP contribution < -0.4 is 10.2 Å². The van der Waals surface area contributed by atoms with Gasteiger partial charge in [0.2, 0.25) is 0 Å². The van der Waals surface area contributed by atoms with Crippen molar-refractivity contribution in [2.75, 3.05) is 44.2 Å². The number of likely N-dealkylation sites (N-methyl/N-ethyl adjacent to an activating group) is 1. The Balaban J connectivity index is 1.92. The molecular weight excluding hydrogens is 277 g/mol. The molecule has 0 unspecified atom stereocenters. The molecule has 1 saturated heterocycles. The predicted octanol–water partition coefficient (Wildman–Crippen LogP) is 3.10. The summed E-state index contributed by atoms with van der Waals surface area (Å²) >= 11 is 0. The summed E-state index contributed by atoms with van der Waals surface area (Å²) in [5.41, 5.74) is 1.93. The zero-order valence-corrected chi connectivity index (χ0v) is 14.2. The van der Waals surface area contributed by atoms with Gasteiger partial charge in [0, 0.05) is 32.7 Å². The van der Waals surface area contributed by atoms with Crippen LogP contribution in [0.2, 0.25) is 0 Å². The van der Waals surface area contributed by atoms with Crippen molar-refractivity contribution < 1.29 is 4.39 Å². The van der Waals surface area contributed by atoms with Gasteiger partial charge in [-0.25, -0.2) is 4.39 Å². The van der Waals surface area contributed by atoms with E-state index < -0.39 is 0 Å². The SMILES string of the molecule is CCN1CCN(c2cc(CNCCC(C)C)ccc2F)CC1. The third kappa shape index (κ3) is 4.96. The average Bonchev–Trinajstić information content (AvgIpc) is 2.53. The van der Waals surface area contributed by atoms with Crippen LogP contribution in [0, 0.1) is 11.7 Å². The Morgan fingerprint density at radius 2 is 1.91 bits per heavy atom. The summed E-state index contributed by atoms with van der Waals surface area (Å²) in [6.45, 7) is 13.4. The molecule has 0 aromatic heterocycles. The van der Waals surface area contributed by atoms with E-state index in [1.807, 2.05) is 12.1 Å². The molecule has 3 nitrogen and oxygen atoms in total. The first-order valence-electron chi connectivity index (χ1n) is 8.56. The van der Waals surface area contributed by atoms with E-state index in [9.17, 15) is 4.39 Å². The highest BCUT2D eigenvalue weighted by Gasteiger charge is 2.18. The molecule has 124 valence electrons. The molecule has 4 heteroatoms. The first-order chi connectivity index (χ1) is 10.6. The Bertz CT molecular complexity index is 454. The maximum absolute atomic E-state index is 14.2. The van der Waals surface area contributed by atoms with E-state index in [-0.39, 0.29) is 5.82 Å². The van der Waals surface area contributed by atoms with E-state index in [4.69, 9.17) is 0 Å². The lowest BCUT2D eigenvalue weighted by atomic mass is 10.1. The van der Waals surface area contributed by atoms with Crippen molar-refractivity contribution in [3.05, 3.63) is 29.6 Å². The Kier molecular flexibility index (Phi) is 6.65. The number of anilines is 1. The summed E-state index contributed by atoms with van der Waals surface area (Å²) in [5, 5.41) is 3.45. The molecular formula is C18H30FN3. The van der Waals surface area contributed by atoms with Crippen LogP contribution >= 0.6 is 0 Å². The number of hydrogen-bond donors (Lipinski definition) is 1. The van der Waals surface area contributed by atoms with Gasteiger partial charge < -0.3 is 15.1 Å². The lowest BCUT2D eigenvalue weighted by Crippen LogP contribution is -2.46. The van der Waals surface area contributed by atoms with E-state index >= 15 is 0 Å². The lowest BCUT2D eigenvalue weighted by molar-refractivity contribution is 0.270. The average molecular weight is 307 g/mol. The second-order valence-corrected chi connectivity index (χ2v) is 6.57. The molecule has 0 atom stereocenters. The fourth-order valence-corrected chi connectivity index (χ4v) is 2.84. The highest BCUT2D eigenvalue weighted by molar-refractivity contribution is 5.50. The van der Waals surface area contributed by atoms with Gasteiger partial charge in [-0.05, 0) is 43.1 Å². The zero-order chi connectivity index (χ0) is 15.9. The molecule has 22 heavy (non-hydrogen) atoms. The molecule has 0 spiro atoms. The minimum absolute atomic E-state index is 0.101. The molecule has 0 amide bonds. The van der Waals surface area contributed by atoms with E-state index in [0.29, 0.717) is 5.92 Å². The van der Waals surface area contributed by atoms with Crippen LogP contribution in [-0.4, -0.2) is 44.2 Å². The van der Waals surface area contributed by atoms with Crippen molar-refractivity contribution in [3.63, 3.8) is 0 Å². The maximum Gasteiger partial charge on any atom is 0.146 e. The fraction of sp³-hybridized carbons (Fsp3) is 0.667. The normalized spacial score (nSPS) is 16.5. The Morgan fingerprint density at radius 3 is 2.55 bits per heavy atom. The Labute approximate surface area is 134 Å². The van der Waals surface area contributed by atoms with Gasteiger partial charge in [0.25, 0.3) is 0 Å². The molecule has 0 aliphatic carbocycles. The number of hydrogen-bond acceptors (Lipinski definition) is 3. The van der Waals surface area contributed by atoms with Gasteiger partial charge in [-0.3, -0.25) is 0 Å². The molecule has 1 aromatic carbocycles. The maximum atomic E-state index is 14.2. The molecule has 1 N–H and O–H groups in total. The van der Waals surface area contributed by atoms with Crippen molar-refractivity contribution in [2.45, 2.75) is 33.7 Å². The highest BCUT2D eigenvalue weighted by atomic mass is 19.1. The standard InChI is InChI=1S/C18H30FN3/c1-4-21-9-11-22(12-10-21)18-13-16(5-6-17(18)19)14-20-8-7-15(2)3/h5-6,13,15,20H,4,7-12,14H2,1-3H3. The van der Waals surface area contributed by atoms with Crippen molar-refractivity contribution in [3.8, 4) is 0 Å². The quantitative estimate of drug-likeness (QED) is 0.781. The predicted molar refractivity (Wildman–Crippen MR) is 91.9 cm³/mol. The first-order valence-corrected chi connectivity index (χ1v) is 8.56. The number of benzene rings is 1. The summed E-state index contributed by atoms with van der Waals surface area (Å²) < 4.78 is 14.2. The van der Waals surface area contributed by atoms with Gasteiger partial charge in [0.05, 0.1) is 5.69 Å². The smallest absolute Gasteiger partial charge is 0.146 e. The monoisotopic (exact) mass is 307 g/mol. The number of halogens is 1. The largest absolute Gasteiger partial charge is 0.367 e. The topological polar surface area (TPSA) is 18.5 Å². The van der Waals surface area contributed by atoms with Crippen molar-refractivity contribution >= 4 is 5.69 Å². The summed E-state index contributed by atoms with van der Waals surface area (Å²) in [6, 6.07) is 5.52. The number of nitrogens with one attached hydrogen (secondary N) is 1. The summed E-state index contributed by atoms with van der Waals surface area (Å²) in [5.74, 6) is 0.613. The highest BCUT2D eigenvalue weighted by Crippen LogP contribution is 2.22. The molecule has 0 saturated carbocycles. The molecule has 0 radical (unpaired) electrons. The molecule has 1 aliphatic rings. The number of nitrogens with zero attached hydrogens (tertiary/aromatic N) is 2. The Hall–Kier alpha value is -1.13. The molecule has 1 aromatic rings. The third-order valence-electron chi connectivity index (χ3n) is 4.40. The van der Waals surface area contributed by atoms with Crippen molar-refractivity contribution in [1.29, 1.82) is 0 Å². The van der Waals surface area contributed by atoms with Crippen LogP contribution in [0.3, 0.4) is 0 Å². The van der Waals surface area contributed by atoms with Gasteiger partial charge in [-0.2, -0.15) is 0 Å². The lowest BCUT2D eigenvalue weighted by Gasteiger charge is -2.35. The summed E-state index contributed by atoms with van der Waals surface area (Å²) in [6.07, 6.45) is 1.17. The van der Waals surface area contributed by atoms with Gasteiger partial charge in [-0.15, -0.1) is 0 Å². The van der Waals surface area contributed by atoms with Gasteiger partial charge in [0.1, 0.15) is 5.82 Å². The van der Waals surface area contributed by atoms with Gasteiger partial charge >= 0.3 is 0 Å². The molecule has 0 bridgehead atoms. The van der Waals surface area contributed by atoms with Gasteiger partial charge in [-0.1, -0.05) is 26.8 Å². The van der Waals surface area contributed by atoms with Crippen LogP contribution in [0.5, 0.6) is 0 Å². The number of rotatable bonds is 7. The van der Waals surface area contributed by atoms with Crippen LogP contribution in [0.15, 0.2) is 18.2 Å². The van der Waals surface area contributed by atoms with E-state index in [1.54, 1.807) is 6.07 Å². The molecule has 2 rings (SSSR count). The van der Waals surface area contributed by atoms with Gasteiger partial charge in [0.15, 0.2) is 0 Å². The first kappa shape index (κ1) is 17.2. The summed E-state index contributed by atoms with van der Waals surface area (Å²) in [4.78, 5) is 4.59. The van der Waals surface area contributed by atoms with E-state index in [2.05, 4.69) is 35.9 Å². The number of piperazine rings is 1. The fourth-order valence-electron chi connectivity index (χ4n) is 2.84. The zero-order valence-electron chi connectivity index (χ0n) is 14.2. The molecule has 1 fully saturated rings. The van der Waals surface area contributed by atoms with Crippen LogP contribution in [0.25, 0.3) is 0 Å². The minimum atomic E-state index is -0.101.